The molecule has 9 heavy (non-hydrogen) atoms. The minimum atomic E-state index is -1.08. The van der Waals surface area contributed by atoms with Crippen molar-refractivity contribution in [2.24, 2.45) is 17.2 Å². The van der Waals surface area contributed by atoms with E-state index in [4.69, 9.17) is 22.3 Å². The molecule has 0 bridgehead atoms. The summed E-state index contributed by atoms with van der Waals surface area (Å²) in [6.45, 7) is 0. The van der Waals surface area contributed by atoms with Crippen LogP contribution in [0.15, 0.2) is 0 Å². The molecule has 0 aromatic carbocycles. The van der Waals surface area contributed by atoms with Crippen molar-refractivity contribution in [3.8, 4) is 0 Å². The van der Waals surface area contributed by atoms with Crippen molar-refractivity contribution in [1.29, 1.82) is 0 Å². The molecule has 0 aromatic rings. The summed E-state index contributed by atoms with van der Waals surface area (Å²) in [5, 5.41) is 8.79. The Morgan fingerprint density at radius 3 is 1.89 bits per heavy atom. The van der Waals surface area contributed by atoms with Gasteiger partial charge in [0.1, 0.15) is 0 Å². The third-order valence-electron chi connectivity index (χ3n) is 1.02. The highest BCUT2D eigenvalue weighted by molar-refractivity contribution is 4.71. The average molecular weight is 135 g/mol. The van der Waals surface area contributed by atoms with E-state index in [-0.39, 0.29) is 0 Å². The molecule has 0 amide bonds. The molecule has 0 saturated heterocycles. The molecule has 5 nitrogen and oxygen atoms in total. The van der Waals surface area contributed by atoms with Crippen LogP contribution < -0.4 is 17.2 Å². The van der Waals surface area contributed by atoms with E-state index in [0.29, 0.717) is 0 Å². The lowest BCUT2D eigenvalue weighted by atomic mass is 10.2. The van der Waals surface area contributed by atoms with Crippen molar-refractivity contribution in [1.82, 2.24) is 0 Å². The molecule has 0 aliphatic heterocycles. The van der Waals surface area contributed by atoms with Crippen molar-refractivity contribution in [2.75, 3.05) is 7.11 Å². The molecule has 0 fully saturated rings. The summed E-state index contributed by atoms with van der Waals surface area (Å²) in [6.07, 6.45) is -1.83. The largest absolute Gasteiger partial charge is 0.367 e. The normalized spacial score (nSPS) is 18.0. The van der Waals surface area contributed by atoms with Crippen LogP contribution in [0.25, 0.3) is 0 Å². The van der Waals surface area contributed by atoms with Gasteiger partial charge < -0.3 is 27.0 Å². The molecule has 0 radical (unpaired) electrons. The SMILES string of the molecule is COC(O)C(N)C(N)N. The molecule has 56 valence electrons. The first-order valence-electron chi connectivity index (χ1n) is 2.57. The Hall–Kier alpha value is -0.200. The number of hydrogen-bond acceptors (Lipinski definition) is 5. The number of hydrogen-bond donors (Lipinski definition) is 4. The van der Waals surface area contributed by atoms with E-state index in [0.717, 1.165) is 0 Å². The van der Waals surface area contributed by atoms with Gasteiger partial charge >= 0.3 is 0 Å². The van der Waals surface area contributed by atoms with Gasteiger partial charge in [0.15, 0.2) is 6.29 Å². The van der Waals surface area contributed by atoms with Gasteiger partial charge in [-0.25, -0.2) is 0 Å². The maximum atomic E-state index is 8.79. The van der Waals surface area contributed by atoms with E-state index in [1.165, 1.54) is 7.11 Å². The predicted molar refractivity (Wildman–Crippen MR) is 33.2 cm³/mol. The topological polar surface area (TPSA) is 108 Å². The fourth-order valence-electron chi connectivity index (χ4n) is 0.347. The fraction of sp³-hybridized carbons (Fsp3) is 1.00. The van der Waals surface area contributed by atoms with Crippen LogP contribution in [0.1, 0.15) is 0 Å². The first kappa shape index (κ1) is 8.80. The van der Waals surface area contributed by atoms with Crippen molar-refractivity contribution in [3.05, 3.63) is 0 Å². The van der Waals surface area contributed by atoms with Crippen LogP contribution in [0.5, 0.6) is 0 Å². The molecule has 2 unspecified atom stereocenters. The first-order chi connectivity index (χ1) is 4.09. The fourth-order valence-corrected chi connectivity index (χ4v) is 0.347. The Bertz CT molecular complexity index is 78.2. The number of nitrogens with two attached hydrogens (primary N) is 3. The summed E-state index contributed by atoms with van der Waals surface area (Å²) >= 11 is 0. The molecule has 0 spiro atoms. The van der Waals surface area contributed by atoms with Gasteiger partial charge in [-0.3, -0.25) is 0 Å². The maximum absolute atomic E-state index is 8.79. The number of aliphatic hydroxyl groups excluding tert-OH is 1. The molecule has 0 heterocycles. The summed E-state index contributed by atoms with van der Waals surface area (Å²) in [7, 11) is 1.33. The minimum absolute atomic E-state index is 0.727. The van der Waals surface area contributed by atoms with Gasteiger partial charge in [0.25, 0.3) is 0 Å². The average Bonchev–Trinajstić information content (AvgIpc) is 1.84. The van der Waals surface area contributed by atoms with Crippen molar-refractivity contribution < 1.29 is 9.84 Å². The summed E-state index contributed by atoms with van der Waals surface area (Å²) in [5.41, 5.74) is 15.5. The molecule has 0 rings (SSSR count). The molecule has 0 aliphatic carbocycles. The zero-order chi connectivity index (χ0) is 7.44. The monoisotopic (exact) mass is 135 g/mol. The molecule has 2 atom stereocenters. The van der Waals surface area contributed by atoms with Gasteiger partial charge in [-0.15, -0.1) is 0 Å². The summed E-state index contributed by atoms with van der Waals surface area (Å²) in [4.78, 5) is 0. The molecule has 0 aliphatic rings. The quantitative estimate of drug-likeness (QED) is 0.320. The number of methoxy groups -OCH3 is 1. The Labute approximate surface area is 53.8 Å². The van der Waals surface area contributed by atoms with E-state index in [9.17, 15) is 0 Å². The molecule has 7 N–H and O–H groups in total. The third kappa shape index (κ3) is 2.73. The van der Waals surface area contributed by atoms with Gasteiger partial charge in [-0.05, 0) is 0 Å². The van der Waals surface area contributed by atoms with E-state index in [1.807, 2.05) is 0 Å². The highest BCUT2D eigenvalue weighted by Crippen LogP contribution is 1.89. The highest BCUT2D eigenvalue weighted by atomic mass is 16.6. The Kier molecular flexibility index (Phi) is 3.67. The molecular formula is C4H13N3O2. The highest BCUT2D eigenvalue weighted by Gasteiger charge is 2.17. The van der Waals surface area contributed by atoms with E-state index >= 15 is 0 Å². The second kappa shape index (κ2) is 3.76. The standard InChI is InChI=1S/C4H13N3O2/c1-9-4(8)2(5)3(6)7/h2-4,8H,5-7H2,1H3. The van der Waals surface area contributed by atoms with Gasteiger partial charge in [-0.2, -0.15) is 0 Å². The number of aliphatic hydroxyl groups is 1. The van der Waals surface area contributed by atoms with Crippen molar-refractivity contribution in [3.63, 3.8) is 0 Å². The van der Waals surface area contributed by atoms with Crippen LogP contribution in [0.3, 0.4) is 0 Å². The summed E-state index contributed by atoms with van der Waals surface area (Å²) in [5.74, 6) is 0. The van der Waals surface area contributed by atoms with Crippen LogP contribution in [0, 0.1) is 0 Å². The summed E-state index contributed by atoms with van der Waals surface area (Å²) < 4.78 is 4.44. The van der Waals surface area contributed by atoms with Crippen LogP contribution in [-0.2, 0) is 4.74 Å². The van der Waals surface area contributed by atoms with Crippen LogP contribution in [0.2, 0.25) is 0 Å². The van der Waals surface area contributed by atoms with Crippen LogP contribution in [-0.4, -0.2) is 30.7 Å². The van der Waals surface area contributed by atoms with Gasteiger partial charge in [0.05, 0.1) is 12.2 Å². The third-order valence-corrected chi connectivity index (χ3v) is 1.02. The number of rotatable bonds is 3. The zero-order valence-corrected chi connectivity index (χ0v) is 5.32. The lowest BCUT2D eigenvalue weighted by molar-refractivity contribution is -0.0931. The van der Waals surface area contributed by atoms with Gasteiger partial charge in [0, 0.05) is 7.11 Å². The number of ether oxygens (including phenoxy) is 1. The van der Waals surface area contributed by atoms with E-state index in [2.05, 4.69) is 4.74 Å². The Morgan fingerprint density at radius 2 is 1.78 bits per heavy atom. The zero-order valence-electron chi connectivity index (χ0n) is 5.32. The summed E-state index contributed by atoms with van der Waals surface area (Å²) in [6, 6.07) is -0.727. The van der Waals surface area contributed by atoms with Gasteiger partial charge in [-0.1, -0.05) is 0 Å². The lowest BCUT2D eigenvalue weighted by Gasteiger charge is -2.19. The first-order valence-corrected chi connectivity index (χ1v) is 2.57. The van der Waals surface area contributed by atoms with Crippen LogP contribution in [0.4, 0.5) is 0 Å². The second-order valence-electron chi connectivity index (χ2n) is 1.78. The van der Waals surface area contributed by atoms with Crippen molar-refractivity contribution in [2.45, 2.75) is 18.5 Å². The van der Waals surface area contributed by atoms with Gasteiger partial charge in [0.2, 0.25) is 0 Å². The van der Waals surface area contributed by atoms with Crippen LogP contribution >= 0.6 is 0 Å². The lowest BCUT2D eigenvalue weighted by Crippen LogP contribution is -2.54. The Balaban J connectivity index is 3.58. The van der Waals surface area contributed by atoms with E-state index in [1.54, 1.807) is 0 Å². The molecule has 5 heteroatoms. The molecule has 0 saturated carbocycles. The maximum Gasteiger partial charge on any atom is 0.172 e. The minimum Gasteiger partial charge on any atom is -0.367 e. The predicted octanol–water partition coefficient (Wildman–Crippen LogP) is -2.48. The van der Waals surface area contributed by atoms with Crippen molar-refractivity contribution >= 4 is 0 Å². The second-order valence-corrected chi connectivity index (χ2v) is 1.78. The smallest absolute Gasteiger partial charge is 0.172 e. The molecule has 0 aromatic heterocycles. The Morgan fingerprint density at radius 1 is 1.33 bits per heavy atom. The van der Waals surface area contributed by atoms with E-state index < -0.39 is 18.5 Å². The molecular weight excluding hydrogens is 122 g/mol.